The summed E-state index contributed by atoms with van der Waals surface area (Å²) < 4.78 is 5.08. The zero-order valence-electron chi connectivity index (χ0n) is 11.0. The van der Waals surface area contributed by atoms with Gasteiger partial charge in [-0.05, 0) is 13.0 Å². The SMILES string of the molecule is CCOC=C1C(=O)N(C(C)=O)c2ccc([N+](=O)[O-])cc21. The molecule has 0 bridgehead atoms. The van der Waals surface area contributed by atoms with Crippen molar-refractivity contribution in [3.63, 3.8) is 0 Å². The molecule has 0 radical (unpaired) electrons. The van der Waals surface area contributed by atoms with E-state index in [9.17, 15) is 19.7 Å². The molecule has 1 aliphatic rings. The molecule has 20 heavy (non-hydrogen) atoms. The number of hydrogen-bond donors (Lipinski definition) is 0. The normalized spacial score (nSPS) is 15.4. The second-order valence-corrected chi connectivity index (χ2v) is 4.11. The van der Waals surface area contributed by atoms with E-state index in [0.717, 1.165) is 4.90 Å². The summed E-state index contributed by atoms with van der Waals surface area (Å²) in [7, 11) is 0. The summed E-state index contributed by atoms with van der Waals surface area (Å²) in [5.74, 6) is -0.994. The number of benzene rings is 1. The Labute approximate surface area is 114 Å². The lowest BCUT2D eigenvalue weighted by atomic mass is 10.1. The van der Waals surface area contributed by atoms with Crippen LogP contribution in [0.5, 0.6) is 0 Å². The van der Waals surface area contributed by atoms with Crippen molar-refractivity contribution < 1.29 is 19.2 Å². The number of nitrogens with zero attached hydrogens (tertiary/aromatic N) is 2. The third-order valence-corrected chi connectivity index (χ3v) is 2.84. The molecule has 7 nitrogen and oxygen atoms in total. The summed E-state index contributed by atoms with van der Waals surface area (Å²) in [5.41, 5.74) is 0.650. The maximum Gasteiger partial charge on any atom is 0.270 e. The monoisotopic (exact) mass is 276 g/mol. The predicted molar refractivity (Wildman–Crippen MR) is 70.9 cm³/mol. The average Bonchev–Trinajstić information content (AvgIpc) is 2.67. The van der Waals surface area contributed by atoms with Gasteiger partial charge in [0.25, 0.3) is 11.6 Å². The largest absolute Gasteiger partial charge is 0.501 e. The Kier molecular flexibility index (Phi) is 3.51. The molecule has 1 aromatic carbocycles. The Morgan fingerprint density at radius 2 is 2.20 bits per heavy atom. The van der Waals surface area contributed by atoms with Crippen LogP contribution in [0.15, 0.2) is 24.5 Å². The van der Waals surface area contributed by atoms with Crippen LogP contribution in [-0.4, -0.2) is 23.3 Å². The molecule has 0 aliphatic carbocycles. The fourth-order valence-electron chi connectivity index (χ4n) is 1.99. The third kappa shape index (κ3) is 2.13. The molecule has 1 aromatic rings. The minimum absolute atomic E-state index is 0.140. The number of nitro groups is 1. The quantitative estimate of drug-likeness (QED) is 0.364. The van der Waals surface area contributed by atoms with Gasteiger partial charge in [0.15, 0.2) is 0 Å². The number of rotatable bonds is 3. The van der Waals surface area contributed by atoms with E-state index in [4.69, 9.17) is 4.74 Å². The Morgan fingerprint density at radius 3 is 2.75 bits per heavy atom. The second-order valence-electron chi connectivity index (χ2n) is 4.11. The van der Waals surface area contributed by atoms with Crippen molar-refractivity contribution in [1.29, 1.82) is 0 Å². The summed E-state index contributed by atoms with van der Waals surface area (Å²) in [6, 6.07) is 3.91. The molecule has 2 amide bonds. The lowest BCUT2D eigenvalue weighted by Gasteiger charge is -2.11. The summed E-state index contributed by atoms with van der Waals surface area (Å²) in [5, 5.41) is 10.8. The number of anilines is 1. The highest BCUT2D eigenvalue weighted by Crippen LogP contribution is 2.38. The van der Waals surface area contributed by atoms with Gasteiger partial charge in [0, 0.05) is 24.6 Å². The van der Waals surface area contributed by atoms with E-state index in [1.54, 1.807) is 6.92 Å². The van der Waals surface area contributed by atoms with Crippen LogP contribution in [0.3, 0.4) is 0 Å². The molecule has 1 aliphatic heterocycles. The third-order valence-electron chi connectivity index (χ3n) is 2.84. The van der Waals surface area contributed by atoms with Crippen LogP contribution in [0.4, 0.5) is 11.4 Å². The summed E-state index contributed by atoms with van der Waals surface area (Å²) in [4.78, 5) is 35.0. The van der Waals surface area contributed by atoms with Crippen LogP contribution in [0.2, 0.25) is 0 Å². The van der Waals surface area contributed by atoms with Crippen molar-refractivity contribution in [3.05, 3.63) is 40.1 Å². The zero-order chi connectivity index (χ0) is 14.9. The molecule has 0 saturated carbocycles. The number of ether oxygens (including phenoxy) is 1. The van der Waals surface area contributed by atoms with E-state index in [2.05, 4.69) is 0 Å². The van der Waals surface area contributed by atoms with Crippen molar-refractivity contribution in [2.24, 2.45) is 0 Å². The predicted octanol–water partition coefficient (Wildman–Crippen LogP) is 1.87. The van der Waals surface area contributed by atoms with Gasteiger partial charge in [-0.15, -0.1) is 0 Å². The molecule has 0 N–H and O–H groups in total. The van der Waals surface area contributed by atoms with Gasteiger partial charge in [-0.2, -0.15) is 0 Å². The molecular weight excluding hydrogens is 264 g/mol. The van der Waals surface area contributed by atoms with Gasteiger partial charge in [-0.25, -0.2) is 4.90 Å². The van der Waals surface area contributed by atoms with Crippen LogP contribution in [-0.2, 0) is 14.3 Å². The van der Waals surface area contributed by atoms with E-state index in [-0.39, 0.29) is 11.3 Å². The Bertz CT molecular complexity index is 636. The van der Waals surface area contributed by atoms with Crippen LogP contribution in [0.1, 0.15) is 19.4 Å². The van der Waals surface area contributed by atoms with Crippen molar-refractivity contribution >= 4 is 28.8 Å². The van der Waals surface area contributed by atoms with Gasteiger partial charge in [0.05, 0.1) is 29.1 Å². The summed E-state index contributed by atoms with van der Waals surface area (Å²) >= 11 is 0. The highest BCUT2D eigenvalue weighted by atomic mass is 16.6. The maximum atomic E-state index is 12.2. The average molecular weight is 276 g/mol. The molecule has 1 heterocycles. The lowest BCUT2D eigenvalue weighted by molar-refractivity contribution is -0.384. The molecule has 2 rings (SSSR count). The number of imide groups is 1. The number of hydrogen-bond acceptors (Lipinski definition) is 5. The molecule has 7 heteroatoms. The minimum Gasteiger partial charge on any atom is -0.501 e. The molecule has 104 valence electrons. The van der Waals surface area contributed by atoms with E-state index in [0.29, 0.717) is 17.9 Å². The zero-order valence-corrected chi connectivity index (χ0v) is 11.0. The Morgan fingerprint density at radius 1 is 1.50 bits per heavy atom. The second kappa shape index (κ2) is 5.12. The maximum absolute atomic E-state index is 12.2. The Hall–Kier alpha value is -2.70. The van der Waals surface area contributed by atoms with E-state index in [1.807, 2.05) is 0 Å². The van der Waals surface area contributed by atoms with Gasteiger partial charge < -0.3 is 4.74 Å². The first-order valence-electron chi connectivity index (χ1n) is 5.93. The number of fused-ring (bicyclic) bond motifs is 1. The molecule has 0 atom stereocenters. The summed E-state index contributed by atoms with van der Waals surface area (Å²) in [6.45, 7) is 3.35. The fraction of sp³-hybridized carbons (Fsp3) is 0.231. The van der Waals surface area contributed by atoms with E-state index < -0.39 is 16.7 Å². The first-order valence-corrected chi connectivity index (χ1v) is 5.93. The smallest absolute Gasteiger partial charge is 0.270 e. The highest BCUT2D eigenvalue weighted by molar-refractivity contribution is 6.39. The van der Waals surface area contributed by atoms with Crippen LogP contribution in [0, 0.1) is 10.1 Å². The number of amides is 2. The van der Waals surface area contributed by atoms with Crippen molar-refractivity contribution in [1.82, 2.24) is 0 Å². The first-order chi connectivity index (χ1) is 9.47. The van der Waals surface area contributed by atoms with Crippen molar-refractivity contribution in [2.75, 3.05) is 11.5 Å². The topological polar surface area (TPSA) is 89.8 Å². The fourth-order valence-corrected chi connectivity index (χ4v) is 1.99. The first kappa shape index (κ1) is 13.7. The van der Waals surface area contributed by atoms with Crippen LogP contribution < -0.4 is 4.90 Å². The van der Waals surface area contributed by atoms with Crippen molar-refractivity contribution in [2.45, 2.75) is 13.8 Å². The summed E-state index contributed by atoms with van der Waals surface area (Å²) in [6.07, 6.45) is 1.23. The molecule has 0 saturated heterocycles. The van der Waals surface area contributed by atoms with Gasteiger partial charge >= 0.3 is 0 Å². The van der Waals surface area contributed by atoms with Gasteiger partial charge in [-0.3, -0.25) is 19.7 Å². The van der Waals surface area contributed by atoms with Crippen molar-refractivity contribution in [3.8, 4) is 0 Å². The van der Waals surface area contributed by atoms with Gasteiger partial charge in [0.2, 0.25) is 5.91 Å². The van der Waals surface area contributed by atoms with E-state index in [1.165, 1.54) is 31.4 Å². The van der Waals surface area contributed by atoms with Crippen LogP contribution in [0.25, 0.3) is 5.57 Å². The Balaban J connectivity index is 2.61. The molecule has 0 spiro atoms. The lowest BCUT2D eigenvalue weighted by Crippen LogP contribution is -2.31. The molecule has 0 aromatic heterocycles. The number of nitro benzene ring substituents is 1. The number of carbonyl (C=O) groups is 2. The molecule has 0 fully saturated rings. The highest BCUT2D eigenvalue weighted by Gasteiger charge is 2.36. The van der Waals surface area contributed by atoms with Gasteiger partial charge in [0.1, 0.15) is 0 Å². The number of non-ortho nitro benzene ring substituents is 1. The van der Waals surface area contributed by atoms with Gasteiger partial charge in [-0.1, -0.05) is 0 Å². The van der Waals surface area contributed by atoms with E-state index >= 15 is 0 Å². The molecular formula is C13H12N2O5. The minimum atomic E-state index is -0.556. The molecule has 0 unspecified atom stereocenters. The standard InChI is InChI=1S/C13H12N2O5/c1-3-20-7-11-10-6-9(15(18)19)4-5-12(10)14(8(2)16)13(11)17/h4-7H,3H2,1-2H3. The number of carbonyl (C=O) groups excluding carboxylic acids is 2. The van der Waals surface area contributed by atoms with Crippen LogP contribution >= 0.6 is 0 Å².